The van der Waals surface area contributed by atoms with Crippen LogP contribution in [0.15, 0.2) is 53.5 Å². The molecule has 0 bridgehead atoms. The van der Waals surface area contributed by atoms with Crippen LogP contribution < -0.4 is 15.8 Å². The van der Waals surface area contributed by atoms with Crippen molar-refractivity contribution in [3.05, 3.63) is 59.0 Å². The van der Waals surface area contributed by atoms with Gasteiger partial charge in [0.05, 0.1) is 18.7 Å². The van der Waals surface area contributed by atoms with Crippen molar-refractivity contribution in [2.24, 2.45) is 5.92 Å². The second-order valence-electron chi connectivity index (χ2n) is 9.74. The highest BCUT2D eigenvalue weighted by atomic mass is 16.5. The first-order valence-corrected chi connectivity index (χ1v) is 13.1. The van der Waals surface area contributed by atoms with Gasteiger partial charge >= 0.3 is 0 Å². The number of hydrogen-bond donors (Lipinski definition) is 1. The van der Waals surface area contributed by atoms with E-state index in [-0.39, 0.29) is 5.56 Å². The smallest absolute Gasteiger partial charge is 0.251 e. The average Bonchev–Trinajstić information content (AvgIpc) is 2.90. The largest absolute Gasteiger partial charge is 0.379 e. The maximum Gasteiger partial charge on any atom is 0.251 e. The summed E-state index contributed by atoms with van der Waals surface area (Å²) in [5.74, 6) is 1.60. The first kappa shape index (κ1) is 23.8. The summed E-state index contributed by atoms with van der Waals surface area (Å²) in [5.41, 5.74) is 3.21. The zero-order valence-corrected chi connectivity index (χ0v) is 20.8. The summed E-state index contributed by atoms with van der Waals surface area (Å²) in [6, 6.07) is 14.0. The van der Waals surface area contributed by atoms with Crippen molar-refractivity contribution in [1.29, 1.82) is 0 Å². The van der Waals surface area contributed by atoms with E-state index in [1.807, 2.05) is 25.3 Å². The number of rotatable bonds is 8. The number of anilines is 3. The molecule has 2 aliphatic rings. The molecule has 186 valence electrons. The summed E-state index contributed by atoms with van der Waals surface area (Å²) in [7, 11) is 0. The maximum absolute atomic E-state index is 12.2. The van der Waals surface area contributed by atoms with E-state index in [1.165, 1.54) is 37.9 Å². The minimum atomic E-state index is 0.0161. The van der Waals surface area contributed by atoms with Crippen molar-refractivity contribution in [2.45, 2.75) is 39.2 Å². The highest BCUT2D eigenvalue weighted by Crippen LogP contribution is 2.28. The molecular formula is C28H37N5O2. The van der Waals surface area contributed by atoms with E-state index >= 15 is 0 Å². The van der Waals surface area contributed by atoms with Gasteiger partial charge in [0.25, 0.3) is 5.56 Å². The molecule has 3 aromatic rings. The number of hydrogen-bond acceptors (Lipinski definition) is 6. The highest BCUT2D eigenvalue weighted by molar-refractivity contribution is 5.81. The summed E-state index contributed by atoms with van der Waals surface area (Å²) in [6.45, 7) is 10.1. The van der Waals surface area contributed by atoms with E-state index < -0.39 is 0 Å². The van der Waals surface area contributed by atoms with Crippen LogP contribution in [0.2, 0.25) is 0 Å². The molecule has 0 saturated carbocycles. The van der Waals surface area contributed by atoms with Gasteiger partial charge in [0.15, 0.2) is 0 Å². The van der Waals surface area contributed by atoms with Gasteiger partial charge in [-0.1, -0.05) is 0 Å². The Hall–Kier alpha value is -2.90. The molecule has 1 N–H and O–H groups in total. The quantitative estimate of drug-likeness (QED) is 0.518. The van der Waals surface area contributed by atoms with Gasteiger partial charge in [-0.3, -0.25) is 9.69 Å². The molecule has 7 heteroatoms. The molecule has 4 heterocycles. The number of fused-ring (bicyclic) bond motifs is 1. The van der Waals surface area contributed by atoms with Gasteiger partial charge in [0, 0.05) is 67.8 Å². The molecule has 1 aromatic carbocycles. The number of nitrogens with zero attached hydrogens (tertiary/aromatic N) is 4. The van der Waals surface area contributed by atoms with E-state index in [0.717, 1.165) is 67.7 Å². The lowest BCUT2D eigenvalue weighted by Crippen LogP contribution is -2.37. The van der Waals surface area contributed by atoms with Crippen LogP contribution in [0, 0.1) is 5.92 Å². The van der Waals surface area contributed by atoms with Crippen molar-refractivity contribution in [2.75, 3.05) is 56.2 Å². The van der Waals surface area contributed by atoms with Gasteiger partial charge in [-0.2, -0.15) is 0 Å². The van der Waals surface area contributed by atoms with Crippen molar-refractivity contribution in [1.82, 2.24) is 14.5 Å². The molecule has 7 nitrogen and oxygen atoms in total. The molecule has 0 amide bonds. The Balaban J connectivity index is 1.13. The van der Waals surface area contributed by atoms with Crippen LogP contribution in [0.25, 0.3) is 10.9 Å². The molecule has 0 spiro atoms. The Morgan fingerprint density at radius 1 is 1.03 bits per heavy atom. The number of benzene rings is 1. The van der Waals surface area contributed by atoms with Crippen LogP contribution in [0.4, 0.5) is 17.2 Å². The van der Waals surface area contributed by atoms with Crippen molar-refractivity contribution >= 4 is 28.1 Å². The normalized spacial score (nSPS) is 17.7. The van der Waals surface area contributed by atoms with Gasteiger partial charge in [-0.05, 0) is 75.4 Å². The fourth-order valence-electron chi connectivity index (χ4n) is 5.39. The number of ether oxygens (including phenoxy) is 1. The van der Waals surface area contributed by atoms with Crippen LogP contribution in [0.5, 0.6) is 0 Å². The molecule has 2 aromatic heterocycles. The highest BCUT2D eigenvalue weighted by Gasteiger charge is 2.20. The van der Waals surface area contributed by atoms with Gasteiger partial charge in [-0.15, -0.1) is 0 Å². The summed E-state index contributed by atoms with van der Waals surface area (Å²) in [6.07, 6.45) is 7.04. The third-order valence-electron chi connectivity index (χ3n) is 7.50. The van der Waals surface area contributed by atoms with E-state index in [1.54, 1.807) is 10.6 Å². The summed E-state index contributed by atoms with van der Waals surface area (Å²) < 4.78 is 7.22. The molecule has 35 heavy (non-hydrogen) atoms. The maximum atomic E-state index is 12.2. The fourth-order valence-corrected chi connectivity index (χ4v) is 5.39. The molecule has 0 radical (unpaired) electrons. The molecule has 0 unspecified atom stereocenters. The first-order valence-electron chi connectivity index (χ1n) is 13.1. The molecule has 5 rings (SSSR count). The topological polar surface area (TPSA) is 62.6 Å². The second-order valence-corrected chi connectivity index (χ2v) is 9.74. The zero-order chi connectivity index (χ0) is 24.0. The summed E-state index contributed by atoms with van der Waals surface area (Å²) in [4.78, 5) is 21.8. The van der Waals surface area contributed by atoms with Crippen LogP contribution in [0.3, 0.4) is 0 Å². The lowest BCUT2D eigenvalue weighted by Gasteiger charge is -2.34. The van der Waals surface area contributed by atoms with E-state index in [2.05, 4.69) is 44.4 Å². The van der Waals surface area contributed by atoms with E-state index in [9.17, 15) is 4.79 Å². The van der Waals surface area contributed by atoms with Gasteiger partial charge in [-0.25, -0.2) is 4.98 Å². The number of aromatic nitrogens is 2. The lowest BCUT2D eigenvalue weighted by molar-refractivity contribution is 0.0365. The monoisotopic (exact) mass is 475 g/mol. The SMILES string of the molecule is CCn1c(=O)ccc2cnc(Nc3ccc(N4CCC(CCCN5CCOCC5)CC4)cc3)cc21. The van der Waals surface area contributed by atoms with Crippen molar-refractivity contribution < 1.29 is 4.74 Å². The predicted octanol–water partition coefficient (Wildman–Crippen LogP) is 4.49. The number of morpholine rings is 1. The number of piperidine rings is 1. The Bertz CT molecular complexity index is 1160. The van der Waals surface area contributed by atoms with Crippen LogP contribution >= 0.6 is 0 Å². The van der Waals surface area contributed by atoms with Gasteiger partial charge < -0.3 is 19.5 Å². The molecule has 0 atom stereocenters. The first-order chi connectivity index (χ1) is 17.2. The standard InChI is InChI=1S/C28H37N5O2/c1-2-33-26-20-27(29-21-23(26)5-10-28(33)34)30-24-6-8-25(9-7-24)32-14-11-22(12-15-32)4-3-13-31-16-18-35-19-17-31/h5-10,20-22H,2-4,11-19H2,1H3,(H,29,30). The molecule has 0 aliphatic carbocycles. The number of nitrogens with one attached hydrogen (secondary N) is 1. The Labute approximate surface area is 207 Å². The van der Waals surface area contributed by atoms with Gasteiger partial charge in [0.1, 0.15) is 5.82 Å². The fraction of sp³-hybridized carbons (Fsp3) is 0.500. The number of aryl methyl sites for hydroxylation is 1. The third kappa shape index (κ3) is 5.85. The molecule has 2 aliphatic heterocycles. The Morgan fingerprint density at radius 3 is 2.54 bits per heavy atom. The van der Waals surface area contributed by atoms with Crippen molar-refractivity contribution in [3.63, 3.8) is 0 Å². The number of pyridine rings is 2. The summed E-state index contributed by atoms with van der Waals surface area (Å²) >= 11 is 0. The molecule has 2 fully saturated rings. The van der Waals surface area contributed by atoms with E-state index in [4.69, 9.17) is 4.74 Å². The van der Waals surface area contributed by atoms with Crippen molar-refractivity contribution in [3.8, 4) is 0 Å². The summed E-state index contributed by atoms with van der Waals surface area (Å²) in [5, 5.41) is 4.37. The second kappa shape index (κ2) is 11.2. The minimum absolute atomic E-state index is 0.0161. The zero-order valence-electron chi connectivity index (χ0n) is 20.8. The van der Waals surface area contributed by atoms with E-state index in [0.29, 0.717) is 6.54 Å². The molecular weight excluding hydrogens is 438 g/mol. The Kier molecular flexibility index (Phi) is 7.64. The minimum Gasteiger partial charge on any atom is -0.379 e. The Morgan fingerprint density at radius 2 is 1.80 bits per heavy atom. The third-order valence-corrected chi connectivity index (χ3v) is 7.50. The average molecular weight is 476 g/mol. The lowest BCUT2D eigenvalue weighted by atomic mass is 9.92. The van der Waals surface area contributed by atoms with Gasteiger partial charge in [0.2, 0.25) is 0 Å². The van der Waals surface area contributed by atoms with Crippen LogP contribution in [-0.2, 0) is 11.3 Å². The van der Waals surface area contributed by atoms with Crippen LogP contribution in [-0.4, -0.2) is 60.4 Å². The molecule has 2 saturated heterocycles. The van der Waals surface area contributed by atoms with Crippen LogP contribution in [0.1, 0.15) is 32.6 Å². The predicted molar refractivity (Wildman–Crippen MR) is 143 cm³/mol.